The van der Waals surface area contributed by atoms with Crippen molar-refractivity contribution in [2.75, 3.05) is 26.2 Å². The highest BCUT2D eigenvalue weighted by Gasteiger charge is 2.35. The van der Waals surface area contributed by atoms with E-state index in [1.165, 1.54) is 5.56 Å². The molecule has 0 spiro atoms. The predicted molar refractivity (Wildman–Crippen MR) is 107 cm³/mol. The van der Waals surface area contributed by atoms with Crippen LogP contribution in [0.3, 0.4) is 0 Å². The third-order valence-electron chi connectivity index (χ3n) is 5.74. The zero-order valence-electron chi connectivity index (χ0n) is 16.7. The molecule has 5 nitrogen and oxygen atoms in total. The van der Waals surface area contributed by atoms with Gasteiger partial charge >= 0.3 is 0 Å². The Kier molecular flexibility index (Phi) is 6.89. The van der Waals surface area contributed by atoms with Gasteiger partial charge in [0.2, 0.25) is 11.8 Å². The molecule has 3 rings (SSSR count). The highest BCUT2D eigenvalue weighted by Crippen LogP contribution is 2.21. The molecule has 2 aliphatic heterocycles. The van der Waals surface area contributed by atoms with Crippen LogP contribution in [0.5, 0.6) is 0 Å². The van der Waals surface area contributed by atoms with E-state index in [0.717, 1.165) is 45.4 Å². The standard InChI is InChI=1S/C22H33N3O2/c1-17(2)8-13-25-16-19(14-21(25)26)22(27)23-20-9-11-24(12-10-20)15-18-6-4-3-5-7-18/h3-7,17,19-20H,8-16H2,1-2H3,(H,23,27)/t19-/m0/s1. The molecule has 0 aromatic heterocycles. The SMILES string of the molecule is CC(C)CCN1C[C@@H](C(=O)NC2CCN(Cc3ccccc3)CC2)CC1=O. The van der Waals surface area contributed by atoms with E-state index < -0.39 is 0 Å². The first-order valence-electron chi connectivity index (χ1n) is 10.4. The molecule has 0 aliphatic carbocycles. The van der Waals surface area contributed by atoms with Gasteiger partial charge in [0, 0.05) is 45.2 Å². The predicted octanol–water partition coefficient (Wildman–Crippen LogP) is 2.66. The van der Waals surface area contributed by atoms with E-state index in [2.05, 4.69) is 48.3 Å². The number of nitrogens with zero attached hydrogens (tertiary/aromatic N) is 2. The van der Waals surface area contributed by atoms with Crippen LogP contribution in [0.15, 0.2) is 30.3 Å². The van der Waals surface area contributed by atoms with Gasteiger partial charge in [-0.25, -0.2) is 0 Å². The average molecular weight is 372 g/mol. The van der Waals surface area contributed by atoms with E-state index in [4.69, 9.17) is 0 Å². The van der Waals surface area contributed by atoms with Crippen molar-refractivity contribution in [1.29, 1.82) is 0 Å². The largest absolute Gasteiger partial charge is 0.353 e. The van der Waals surface area contributed by atoms with Gasteiger partial charge in [0.15, 0.2) is 0 Å². The van der Waals surface area contributed by atoms with Crippen LogP contribution >= 0.6 is 0 Å². The van der Waals surface area contributed by atoms with Crippen LogP contribution in [0.25, 0.3) is 0 Å². The molecule has 27 heavy (non-hydrogen) atoms. The lowest BCUT2D eigenvalue weighted by atomic mass is 10.0. The van der Waals surface area contributed by atoms with Crippen molar-refractivity contribution in [2.24, 2.45) is 11.8 Å². The van der Waals surface area contributed by atoms with Gasteiger partial charge in [0.05, 0.1) is 5.92 Å². The molecule has 0 saturated carbocycles. The van der Waals surface area contributed by atoms with Crippen LogP contribution in [0.2, 0.25) is 0 Å². The van der Waals surface area contributed by atoms with Crippen LogP contribution in [-0.2, 0) is 16.1 Å². The second kappa shape index (κ2) is 9.36. The summed E-state index contributed by atoms with van der Waals surface area (Å²) in [6.07, 6.45) is 3.34. The molecule has 5 heteroatoms. The number of carbonyl (C=O) groups is 2. The lowest BCUT2D eigenvalue weighted by Crippen LogP contribution is -2.46. The number of hydrogen-bond acceptors (Lipinski definition) is 3. The molecule has 1 atom stereocenters. The fourth-order valence-corrected chi connectivity index (χ4v) is 3.97. The number of rotatable bonds is 7. The number of nitrogens with one attached hydrogen (secondary N) is 1. The zero-order chi connectivity index (χ0) is 19.2. The molecule has 0 bridgehead atoms. The number of carbonyl (C=O) groups excluding carboxylic acids is 2. The minimum absolute atomic E-state index is 0.0666. The van der Waals surface area contributed by atoms with Gasteiger partial charge in [-0.05, 0) is 30.7 Å². The van der Waals surface area contributed by atoms with E-state index in [0.29, 0.717) is 18.9 Å². The molecule has 2 saturated heterocycles. The summed E-state index contributed by atoms with van der Waals surface area (Å²) in [4.78, 5) is 29.1. The van der Waals surface area contributed by atoms with Crippen LogP contribution in [0.1, 0.15) is 45.1 Å². The Hall–Kier alpha value is -1.88. The highest BCUT2D eigenvalue weighted by molar-refractivity contribution is 5.89. The quantitative estimate of drug-likeness (QED) is 0.802. The minimum atomic E-state index is -0.174. The van der Waals surface area contributed by atoms with Crippen molar-refractivity contribution >= 4 is 11.8 Å². The normalized spacial score (nSPS) is 21.8. The smallest absolute Gasteiger partial charge is 0.225 e. The van der Waals surface area contributed by atoms with E-state index in [1.54, 1.807) is 0 Å². The Morgan fingerprint density at radius 1 is 1.19 bits per heavy atom. The second-order valence-corrected chi connectivity index (χ2v) is 8.47. The summed E-state index contributed by atoms with van der Waals surface area (Å²) in [7, 11) is 0. The van der Waals surface area contributed by atoms with E-state index >= 15 is 0 Å². The molecule has 1 aromatic rings. The molecule has 0 radical (unpaired) electrons. The molecule has 0 unspecified atom stereocenters. The van der Waals surface area contributed by atoms with Gasteiger partial charge < -0.3 is 10.2 Å². The fourth-order valence-electron chi connectivity index (χ4n) is 3.97. The second-order valence-electron chi connectivity index (χ2n) is 8.47. The molecular formula is C22H33N3O2. The maximum Gasteiger partial charge on any atom is 0.225 e. The van der Waals surface area contributed by atoms with E-state index in [1.807, 2.05) is 11.0 Å². The summed E-state index contributed by atoms with van der Waals surface area (Å²) in [6.45, 7) is 8.67. The molecule has 2 heterocycles. The summed E-state index contributed by atoms with van der Waals surface area (Å²) in [5.74, 6) is 0.601. The van der Waals surface area contributed by atoms with Crippen molar-refractivity contribution < 1.29 is 9.59 Å². The Labute approximate surface area is 163 Å². The first-order chi connectivity index (χ1) is 13.0. The monoisotopic (exact) mass is 371 g/mol. The maximum absolute atomic E-state index is 12.6. The van der Waals surface area contributed by atoms with E-state index in [9.17, 15) is 9.59 Å². The summed E-state index contributed by atoms with van der Waals surface area (Å²) < 4.78 is 0. The Bertz CT molecular complexity index is 624. The van der Waals surface area contributed by atoms with Crippen LogP contribution in [0.4, 0.5) is 0 Å². The Morgan fingerprint density at radius 3 is 2.56 bits per heavy atom. The average Bonchev–Trinajstić information content (AvgIpc) is 3.03. The van der Waals surface area contributed by atoms with Crippen molar-refractivity contribution in [2.45, 2.75) is 52.1 Å². The Morgan fingerprint density at radius 2 is 1.89 bits per heavy atom. The highest BCUT2D eigenvalue weighted by atomic mass is 16.2. The van der Waals surface area contributed by atoms with Gasteiger partial charge in [0.1, 0.15) is 0 Å². The number of likely N-dealkylation sites (tertiary alicyclic amines) is 2. The van der Waals surface area contributed by atoms with Gasteiger partial charge in [-0.15, -0.1) is 0 Å². The summed E-state index contributed by atoms with van der Waals surface area (Å²) in [5.41, 5.74) is 1.34. The molecule has 1 N–H and O–H groups in total. The number of piperidine rings is 1. The van der Waals surface area contributed by atoms with Crippen LogP contribution in [0, 0.1) is 11.8 Å². The molecule has 148 valence electrons. The molecule has 2 aliphatic rings. The molecule has 2 fully saturated rings. The summed E-state index contributed by atoms with van der Waals surface area (Å²) >= 11 is 0. The third kappa shape index (κ3) is 5.80. The topological polar surface area (TPSA) is 52.7 Å². The summed E-state index contributed by atoms with van der Waals surface area (Å²) in [6, 6.07) is 10.8. The maximum atomic E-state index is 12.6. The lowest BCUT2D eigenvalue weighted by molar-refractivity contribution is -0.129. The fraction of sp³-hybridized carbons (Fsp3) is 0.636. The van der Waals surface area contributed by atoms with Gasteiger partial charge in [0.25, 0.3) is 0 Å². The molecular weight excluding hydrogens is 338 g/mol. The number of benzene rings is 1. The van der Waals surface area contributed by atoms with Crippen molar-refractivity contribution in [3.8, 4) is 0 Å². The lowest BCUT2D eigenvalue weighted by Gasteiger charge is -2.32. The number of amides is 2. The molecule has 2 amide bonds. The van der Waals surface area contributed by atoms with Crippen LogP contribution < -0.4 is 5.32 Å². The number of hydrogen-bond donors (Lipinski definition) is 1. The third-order valence-corrected chi connectivity index (χ3v) is 5.74. The van der Waals surface area contributed by atoms with Gasteiger partial charge in [-0.3, -0.25) is 14.5 Å². The molecule has 1 aromatic carbocycles. The van der Waals surface area contributed by atoms with Crippen LogP contribution in [-0.4, -0.2) is 53.8 Å². The first kappa shape index (κ1) is 19.9. The van der Waals surface area contributed by atoms with Gasteiger partial charge in [-0.2, -0.15) is 0 Å². The minimum Gasteiger partial charge on any atom is -0.353 e. The zero-order valence-corrected chi connectivity index (χ0v) is 16.7. The first-order valence-corrected chi connectivity index (χ1v) is 10.4. The van der Waals surface area contributed by atoms with Crippen molar-refractivity contribution in [1.82, 2.24) is 15.1 Å². The van der Waals surface area contributed by atoms with E-state index in [-0.39, 0.29) is 23.8 Å². The van der Waals surface area contributed by atoms with Crippen molar-refractivity contribution in [3.63, 3.8) is 0 Å². The van der Waals surface area contributed by atoms with Crippen molar-refractivity contribution in [3.05, 3.63) is 35.9 Å². The summed E-state index contributed by atoms with van der Waals surface area (Å²) in [5, 5.41) is 3.21. The Balaban J connectivity index is 1.40. The van der Waals surface area contributed by atoms with Gasteiger partial charge in [-0.1, -0.05) is 44.2 Å².